The van der Waals surface area contributed by atoms with E-state index >= 15 is 0 Å². The third kappa shape index (κ3) is 2.90. The zero-order valence-corrected chi connectivity index (χ0v) is 14.1. The topological polar surface area (TPSA) is 126 Å². The number of halogens is 1. The Morgan fingerprint density at radius 2 is 1.96 bits per heavy atom. The number of nitrogens with two attached hydrogens (primary N) is 2. The lowest BCUT2D eigenvalue weighted by Crippen LogP contribution is -2.44. The average molecular weight is 361 g/mol. The Kier molecular flexibility index (Phi) is 4.32. The van der Waals surface area contributed by atoms with E-state index in [0.717, 1.165) is 19.3 Å². The molecule has 0 atom stereocenters. The molecule has 2 heterocycles. The molecule has 1 aliphatic carbocycles. The van der Waals surface area contributed by atoms with Gasteiger partial charge in [0.05, 0.1) is 11.2 Å². The second kappa shape index (κ2) is 6.30. The van der Waals surface area contributed by atoms with Crippen LogP contribution in [-0.4, -0.2) is 25.8 Å². The first-order valence-electron chi connectivity index (χ1n) is 7.65. The van der Waals surface area contributed by atoms with Gasteiger partial charge < -0.3 is 16.0 Å². The summed E-state index contributed by atoms with van der Waals surface area (Å²) in [4.78, 5) is 16.1. The summed E-state index contributed by atoms with van der Waals surface area (Å²) in [6.45, 7) is 0. The highest BCUT2D eigenvalue weighted by atomic mass is 35.5. The number of primary amides is 1. The van der Waals surface area contributed by atoms with Gasteiger partial charge in [0.1, 0.15) is 5.69 Å². The van der Waals surface area contributed by atoms with Gasteiger partial charge in [-0.05, 0) is 31.4 Å². The predicted octanol–water partition coefficient (Wildman–Crippen LogP) is 1.78. The summed E-state index contributed by atoms with van der Waals surface area (Å²) in [5.74, 6) is 0.101. The normalized spacial score (nSPS) is 15.2. The number of carbonyl (C=O) groups is 1. The average Bonchev–Trinajstić information content (AvgIpc) is 3.20. The molecule has 0 spiro atoms. The van der Waals surface area contributed by atoms with Crippen molar-refractivity contribution in [3.63, 3.8) is 0 Å². The van der Waals surface area contributed by atoms with Gasteiger partial charge in [-0.15, -0.1) is 12.4 Å². The minimum absolute atomic E-state index is 0. The van der Waals surface area contributed by atoms with E-state index in [2.05, 4.69) is 15.2 Å². The molecule has 8 nitrogen and oxygen atoms in total. The summed E-state index contributed by atoms with van der Waals surface area (Å²) < 4.78 is 6.75. The monoisotopic (exact) mass is 360 g/mol. The summed E-state index contributed by atoms with van der Waals surface area (Å²) in [7, 11) is 0. The standard InChI is InChI=1S/C16H16N6O2.ClH/c17-13(23)12-9-11(20-22(12)10-5-2-1-3-6-10)14-19-15(21-24-14)16(18)7-4-8-16;/h1-3,5-6,9H,4,7-8,18H2,(H2,17,23);1H. The molecular weight excluding hydrogens is 344 g/mol. The fourth-order valence-corrected chi connectivity index (χ4v) is 2.74. The molecule has 0 radical (unpaired) electrons. The molecule has 1 saturated carbocycles. The van der Waals surface area contributed by atoms with Crippen molar-refractivity contribution < 1.29 is 9.32 Å². The van der Waals surface area contributed by atoms with Crippen LogP contribution in [0.5, 0.6) is 0 Å². The smallest absolute Gasteiger partial charge is 0.278 e. The number of hydrogen-bond donors (Lipinski definition) is 2. The Balaban J connectivity index is 0.00000182. The lowest BCUT2D eigenvalue weighted by atomic mass is 9.77. The predicted molar refractivity (Wildman–Crippen MR) is 92.3 cm³/mol. The van der Waals surface area contributed by atoms with E-state index < -0.39 is 11.4 Å². The maximum absolute atomic E-state index is 11.7. The van der Waals surface area contributed by atoms with Crippen molar-refractivity contribution in [3.05, 3.63) is 47.9 Å². The minimum atomic E-state index is -0.591. The van der Waals surface area contributed by atoms with Gasteiger partial charge >= 0.3 is 0 Å². The number of para-hydroxylation sites is 1. The van der Waals surface area contributed by atoms with Crippen LogP contribution in [0.25, 0.3) is 17.3 Å². The highest BCUT2D eigenvalue weighted by molar-refractivity contribution is 5.92. The maximum atomic E-state index is 11.7. The highest BCUT2D eigenvalue weighted by Crippen LogP contribution is 2.37. The number of aromatic nitrogens is 4. The molecule has 0 aliphatic heterocycles. The van der Waals surface area contributed by atoms with Gasteiger partial charge in [0.2, 0.25) is 0 Å². The van der Waals surface area contributed by atoms with Crippen molar-refractivity contribution in [2.45, 2.75) is 24.8 Å². The summed E-state index contributed by atoms with van der Waals surface area (Å²) in [6, 6.07) is 10.8. The summed E-state index contributed by atoms with van der Waals surface area (Å²) in [5.41, 5.74) is 12.5. The van der Waals surface area contributed by atoms with Crippen molar-refractivity contribution in [2.24, 2.45) is 11.5 Å². The Morgan fingerprint density at radius 3 is 2.56 bits per heavy atom. The molecule has 9 heteroatoms. The van der Waals surface area contributed by atoms with E-state index in [-0.39, 0.29) is 24.0 Å². The molecular formula is C16H17ClN6O2. The summed E-state index contributed by atoms with van der Waals surface area (Å²) in [6.07, 6.45) is 2.71. The minimum Gasteiger partial charge on any atom is -0.364 e. The number of amides is 1. The lowest BCUT2D eigenvalue weighted by molar-refractivity contribution is 0.0993. The van der Waals surface area contributed by atoms with Crippen molar-refractivity contribution in [1.29, 1.82) is 0 Å². The first kappa shape index (κ1) is 17.1. The molecule has 4 N–H and O–H groups in total. The van der Waals surface area contributed by atoms with Crippen LogP contribution in [0.4, 0.5) is 0 Å². The fraction of sp³-hybridized carbons (Fsp3) is 0.250. The van der Waals surface area contributed by atoms with E-state index in [1.54, 1.807) is 0 Å². The van der Waals surface area contributed by atoms with Gasteiger partial charge in [-0.3, -0.25) is 4.79 Å². The zero-order valence-electron chi connectivity index (χ0n) is 13.3. The zero-order chi connectivity index (χ0) is 16.7. The van der Waals surface area contributed by atoms with Crippen LogP contribution in [0.1, 0.15) is 35.6 Å². The SMILES string of the molecule is Cl.NC(=O)c1cc(-c2nc(C3(N)CCC3)no2)nn1-c1ccccc1. The van der Waals surface area contributed by atoms with Crippen molar-refractivity contribution >= 4 is 18.3 Å². The van der Waals surface area contributed by atoms with Gasteiger partial charge in [-0.2, -0.15) is 10.1 Å². The van der Waals surface area contributed by atoms with Gasteiger partial charge in [0.15, 0.2) is 11.5 Å². The van der Waals surface area contributed by atoms with Crippen molar-refractivity contribution in [1.82, 2.24) is 19.9 Å². The largest absolute Gasteiger partial charge is 0.364 e. The maximum Gasteiger partial charge on any atom is 0.278 e. The first-order valence-corrected chi connectivity index (χ1v) is 7.65. The van der Waals surface area contributed by atoms with E-state index in [9.17, 15) is 4.79 Å². The Bertz CT molecular complexity index is 901. The number of nitrogens with zero attached hydrogens (tertiary/aromatic N) is 4. The van der Waals surface area contributed by atoms with E-state index in [4.69, 9.17) is 16.0 Å². The molecule has 1 aliphatic rings. The van der Waals surface area contributed by atoms with Crippen LogP contribution >= 0.6 is 12.4 Å². The highest BCUT2D eigenvalue weighted by Gasteiger charge is 2.39. The van der Waals surface area contributed by atoms with Crippen LogP contribution in [-0.2, 0) is 5.54 Å². The number of carbonyl (C=O) groups excluding carboxylic acids is 1. The first-order chi connectivity index (χ1) is 11.6. The third-order valence-electron chi connectivity index (χ3n) is 4.30. The van der Waals surface area contributed by atoms with Crippen LogP contribution in [0, 0.1) is 0 Å². The van der Waals surface area contributed by atoms with Crippen molar-refractivity contribution in [2.75, 3.05) is 0 Å². The Hall–Kier alpha value is -2.71. The third-order valence-corrected chi connectivity index (χ3v) is 4.30. The second-order valence-corrected chi connectivity index (χ2v) is 5.96. The van der Waals surface area contributed by atoms with Gasteiger partial charge in [0, 0.05) is 6.07 Å². The van der Waals surface area contributed by atoms with Crippen LogP contribution in [0.3, 0.4) is 0 Å². The molecule has 2 aromatic heterocycles. The fourth-order valence-electron chi connectivity index (χ4n) is 2.74. The molecule has 0 bridgehead atoms. The second-order valence-electron chi connectivity index (χ2n) is 5.96. The van der Waals surface area contributed by atoms with E-state index in [1.807, 2.05) is 30.3 Å². The molecule has 1 amide bonds. The number of rotatable bonds is 4. The quantitative estimate of drug-likeness (QED) is 0.730. The molecule has 0 unspecified atom stereocenters. The van der Waals surface area contributed by atoms with Crippen LogP contribution in [0.2, 0.25) is 0 Å². The molecule has 130 valence electrons. The molecule has 1 fully saturated rings. The van der Waals surface area contributed by atoms with Gasteiger partial charge in [-0.1, -0.05) is 23.4 Å². The number of benzene rings is 1. The molecule has 4 rings (SSSR count). The van der Waals surface area contributed by atoms with Crippen LogP contribution < -0.4 is 11.5 Å². The van der Waals surface area contributed by atoms with Gasteiger partial charge in [0.25, 0.3) is 11.8 Å². The Labute approximate surface area is 149 Å². The molecule has 0 saturated heterocycles. The summed E-state index contributed by atoms with van der Waals surface area (Å²) >= 11 is 0. The molecule has 25 heavy (non-hydrogen) atoms. The number of hydrogen-bond acceptors (Lipinski definition) is 6. The molecule has 3 aromatic rings. The van der Waals surface area contributed by atoms with Crippen molar-refractivity contribution in [3.8, 4) is 17.3 Å². The summed E-state index contributed by atoms with van der Waals surface area (Å²) in [5, 5.41) is 8.36. The molecule has 1 aromatic carbocycles. The van der Waals surface area contributed by atoms with E-state index in [0.29, 0.717) is 17.2 Å². The lowest BCUT2D eigenvalue weighted by Gasteiger charge is -2.34. The van der Waals surface area contributed by atoms with Crippen LogP contribution in [0.15, 0.2) is 40.9 Å². The Morgan fingerprint density at radius 1 is 1.24 bits per heavy atom. The van der Waals surface area contributed by atoms with E-state index in [1.165, 1.54) is 10.7 Å². The van der Waals surface area contributed by atoms with Gasteiger partial charge in [-0.25, -0.2) is 4.68 Å².